The molecule has 2 heterocycles. The summed E-state index contributed by atoms with van der Waals surface area (Å²) in [4.78, 5) is 21.5. The number of carbonyl (C=O) groups excluding carboxylic acids is 1. The van der Waals surface area contributed by atoms with Crippen LogP contribution in [-0.2, 0) is 31.0 Å². The van der Waals surface area contributed by atoms with E-state index in [1.165, 1.54) is 5.56 Å². The number of aryl methyl sites for hydroxylation is 2. The van der Waals surface area contributed by atoms with Gasteiger partial charge in [0.25, 0.3) is 0 Å². The summed E-state index contributed by atoms with van der Waals surface area (Å²) in [5.74, 6) is 1.78. The molecular formula is C44H42ClFN4O4. The van der Waals surface area contributed by atoms with E-state index in [0.717, 1.165) is 40.8 Å². The summed E-state index contributed by atoms with van der Waals surface area (Å²) < 4.78 is 32.6. The number of aromatic nitrogens is 1. The number of benzene rings is 4. The smallest absolute Gasteiger partial charge is 0.246 e. The van der Waals surface area contributed by atoms with Crippen molar-refractivity contribution >= 4 is 23.6 Å². The van der Waals surface area contributed by atoms with Crippen molar-refractivity contribution in [3.8, 4) is 29.2 Å². The van der Waals surface area contributed by atoms with Gasteiger partial charge in [0.1, 0.15) is 30.5 Å². The lowest BCUT2D eigenvalue weighted by Crippen LogP contribution is -2.47. The van der Waals surface area contributed by atoms with Crippen LogP contribution in [0.4, 0.5) is 4.39 Å². The number of rotatable bonds is 14. The van der Waals surface area contributed by atoms with Gasteiger partial charge in [-0.05, 0) is 95.8 Å². The van der Waals surface area contributed by atoms with Crippen molar-refractivity contribution in [1.82, 2.24) is 14.8 Å². The van der Waals surface area contributed by atoms with Crippen LogP contribution in [0.1, 0.15) is 52.3 Å². The Morgan fingerprint density at radius 1 is 0.889 bits per heavy atom. The van der Waals surface area contributed by atoms with Gasteiger partial charge in [-0.1, -0.05) is 61.3 Å². The Morgan fingerprint density at radius 3 is 2.26 bits per heavy atom. The largest absolute Gasteiger partial charge is 0.489 e. The third-order valence-electron chi connectivity index (χ3n) is 9.14. The molecule has 1 aromatic heterocycles. The molecule has 10 heteroatoms. The van der Waals surface area contributed by atoms with Crippen LogP contribution in [0.5, 0.6) is 23.1 Å². The van der Waals surface area contributed by atoms with Crippen molar-refractivity contribution in [1.29, 1.82) is 5.26 Å². The number of halogens is 2. The molecule has 0 radical (unpaired) electrons. The zero-order chi connectivity index (χ0) is 37.9. The van der Waals surface area contributed by atoms with E-state index in [4.69, 9.17) is 31.1 Å². The number of hydrogen-bond acceptors (Lipinski definition) is 7. The highest BCUT2D eigenvalue weighted by atomic mass is 35.5. The fourth-order valence-corrected chi connectivity index (χ4v) is 6.42. The molecule has 1 saturated heterocycles. The number of amides is 1. The van der Waals surface area contributed by atoms with Crippen LogP contribution < -0.4 is 14.2 Å². The Labute approximate surface area is 321 Å². The lowest BCUT2D eigenvalue weighted by atomic mass is 10.1. The van der Waals surface area contributed by atoms with Crippen molar-refractivity contribution in [2.45, 2.75) is 46.4 Å². The van der Waals surface area contributed by atoms with Crippen molar-refractivity contribution < 1.29 is 23.4 Å². The Balaban J connectivity index is 0.946. The predicted molar refractivity (Wildman–Crippen MR) is 208 cm³/mol. The number of hydrogen-bond donors (Lipinski definition) is 0. The molecule has 1 aliphatic heterocycles. The van der Waals surface area contributed by atoms with Gasteiger partial charge in [-0.3, -0.25) is 9.69 Å². The van der Waals surface area contributed by atoms with Gasteiger partial charge in [0.15, 0.2) is 5.75 Å². The number of piperazine rings is 1. The number of carbonyl (C=O) groups is 1. The molecule has 54 heavy (non-hydrogen) atoms. The maximum absolute atomic E-state index is 14.9. The molecule has 4 aromatic carbocycles. The van der Waals surface area contributed by atoms with Crippen LogP contribution in [0.3, 0.4) is 0 Å². The predicted octanol–water partition coefficient (Wildman–Crippen LogP) is 9.31. The summed E-state index contributed by atoms with van der Waals surface area (Å²) in [7, 11) is 0. The molecule has 1 fully saturated rings. The van der Waals surface area contributed by atoms with Crippen molar-refractivity contribution in [2.24, 2.45) is 0 Å². The summed E-state index contributed by atoms with van der Waals surface area (Å²) in [5, 5.41) is 9.35. The molecule has 8 nitrogen and oxygen atoms in total. The molecule has 1 aliphatic rings. The molecule has 1 amide bonds. The second-order valence-corrected chi connectivity index (χ2v) is 13.6. The first-order chi connectivity index (χ1) is 26.3. The monoisotopic (exact) mass is 744 g/mol. The highest BCUT2D eigenvalue weighted by Gasteiger charge is 2.20. The molecule has 276 valence electrons. The fourth-order valence-electron chi connectivity index (χ4n) is 6.11. The lowest BCUT2D eigenvalue weighted by molar-refractivity contribution is -0.127. The minimum atomic E-state index is -0.280. The highest BCUT2D eigenvalue weighted by Crippen LogP contribution is 2.34. The van der Waals surface area contributed by atoms with Crippen LogP contribution >= 0.6 is 11.6 Å². The van der Waals surface area contributed by atoms with Gasteiger partial charge in [0.2, 0.25) is 11.8 Å². The highest BCUT2D eigenvalue weighted by molar-refractivity contribution is 6.32. The average molecular weight is 745 g/mol. The van der Waals surface area contributed by atoms with E-state index >= 15 is 0 Å². The molecular weight excluding hydrogens is 703 g/mol. The van der Waals surface area contributed by atoms with E-state index in [0.29, 0.717) is 72.9 Å². The van der Waals surface area contributed by atoms with Crippen molar-refractivity contribution in [3.05, 3.63) is 153 Å². The standard InChI is InChI=1S/C44H42ClFN4O4/c1-3-4-32-10-14-38(15-11-32)53-30-37-13-9-36(25-41(37)46)28-49-19-21-50(22-20-49)43(51)18-12-35-23-31(2)44(40(45)24-35)54-42-17-16-39(27-48-42)52-29-34-7-5-33(26-47)6-8-34/h5-18,23-25,27H,3-4,19-22,28-30H2,1-2H3/b18-12+. The quantitative estimate of drug-likeness (QED) is 0.105. The molecule has 0 bridgehead atoms. The third kappa shape index (κ3) is 10.5. The zero-order valence-electron chi connectivity index (χ0n) is 30.4. The van der Waals surface area contributed by atoms with Gasteiger partial charge in [-0.25, -0.2) is 9.37 Å². The summed E-state index contributed by atoms with van der Waals surface area (Å²) >= 11 is 6.61. The molecule has 0 spiro atoms. The summed E-state index contributed by atoms with van der Waals surface area (Å²) in [6.07, 6.45) is 7.01. The average Bonchev–Trinajstić information content (AvgIpc) is 3.19. The minimum Gasteiger partial charge on any atom is -0.489 e. The fraction of sp³-hybridized carbons (Fsp3) is 0.250. The van der Waals surface area contributed by atoms with Crippen LogP contribution in [0, 0.1) is 24.1 Å². The van der Waals surface area contributed by atoms with Crippen LogP contribution in [0.25, 0.3) is 6.08 Å². The van der Waals surface area contributed by atoms with Gasteiger partial charge in [0, 0.05) is 50.4 Å². The minimum absolute atomic E-state index is 0.0788. The molecule has 0 saturated carbocycles. The van der Waals surface area contributed by atoms with Gasteiger partial charge < -0.3 is 19.1 Å². The second kappa shape index (κ2) is 18.4. The third-order valence-corrected chi connectivity index (χ3v) is 9.42. The number of nitrogens with zero attached hydrogens (tertiary/aromatic N) is 4. The van der Waals surface area contributed by atoms with Crippen LogP contribution in [0.15, 0.2) is 103 Å². The van der Waals surface area contributed by atoms with Crippen molar-refractivity contribution in [3.63, 3.8) is 0 Å². The van der Waals surface area contributed by atoms with E-state index in [2.05, 4.69) is 22.9 Å². The normalized spacial score (nSPS) is 13.1. The molecule has 0 N–H and O–H groups in total. The Morgan fingerprint density at radius 2 is 1.59 bits per heavy atom. The van der Waals surface area contributed by atoms with Crippen LogP contribution in [0.2, 0.25) is 5.02 Å². The number of ether oxygens (including phenoxy) is 3. The molecule has 5 aromatic rings. The first-order valence-electron chi connectivity index (χ1n) is 18.0. The van der Waals surface area contributed by atoms with E-state index in [9.17, 15) is 9.18 Å². The van der Waals surface area contributed by atoms with E-state index in [1.54, 1.807) is 60.8 Å². The van der Waals surface area contributed by atoms with Gasteiger partial charge >= 0.3 is 0 Å². The van der Waals surface area contributed by atoms with Crippen LogP contribution in [-0.4, -0.2) is 46.9 Å². The maximum atomic E-state index is 14.9. The summed E-state index contributed by atoms with van der Waals surface area (Å²) in [6, 6.07) is 29.7. The van der Waals surface area contributed by atoms with E-state index < -0.39 is 0 Å². The topological polar surface area (TPSA) is 87.9 Å². The number of pyridine rings is 1. The Hall–Kier alpha value is -5.69. The zero-order valence-corrected chi connectivity index (χ0v) is 31.2. The Kier molecular flexibility index (Phi) is 12.9. The molecule has 0 unspecified atom stereocenters. The van der Waals surface area contributed by atoms with E-state index in [1.807, 2.05) is 60.4 Å². The molecule has 6 rings (SSSR count). The lowest BCUT2D eigenvalue weighted by Gasteiger charge is -2.34. The summed E-state index contributed by atoms with van der Waals surface area (Å²) in [5.41, 5.74) is 5.77. The van der Waals surface area contributed by atoms with E-state index in [-0.39, 0.29) is 18.3 Å². The SMILES string of the molecule is CCCc1ccc(OCc2ccc(CN3CCN(C(=O)/C=C/c4cc(C)c(Oc5ccc(OCc6ccc(C#N)cc6)cn5)c(Cl)c4)CC3)cc2F)cc1. The maximum Gasteiger partial charge on any atom is 0.246 e. The first-order valence-corrected chi connectivity index (χ1v) is 18.4. The Bertz CT molecular complexity index is 2080. The second-order valence-electron chi connectivity index (χ2n) is 13.2. The first kappa shape index (κ1) is 38.0. The van der Waals surface area contributed by atoms with Gasteiger partial charge in [0.05, 0.1) is 22.9 Å². The molecule has 0 aliphatic carbocycles. The van der Waals surface area contributed by atoms with Crippen molar-refractivity contribution in [2.75, 3.05) is 26.2 Å². The number of nitriles is 1. The van der Waals surface area contributed by atoms with Gasteiger partial charge in [-0.2, -0.15) is 5.26 Å². The molecule has 0 atom stereocenters. The summed E-state index contributed by atoms with van der Waals surface area (Å²) in [6.45, 7) is 7.69. The van der Waals surface area contributed by atoms with Gasteiger partial charge in [-0.15, -0.1) is 0 Å².